The monoisotopic (exact) mass is 393 g/mol. The standard InChI is InChI=1S/C17H12FNO7S/c1-10-6-17(20)25-15-8-12(3-4-13(10)15)26-27(23,24)16-5-2-11(9-18)7-14(16)19(21)22/h2-8H,9H2,1H3. The van der Waals surface area contributed by atoms with Gasteiger partial charge in [-0.2, -0.15) is 8.42 Å². The average molecular weight is 393 g/mol. The smallest absolute Gasteiger partial charge is 0.346 e. The van der Waals surface area contributed by atoms with Crippen LogP contribution in [0.4, 0.5) is 10.1 Å². The molecule has 0 aliphatic heterocycles. The second kappa shape index (κ2) is 6.80. The number of rotatable bonds is 5. The summed E-state index contributed by atoms with van der Waals surface area (Å²) in [6.07, 6.45) is 0. The van der Waals surface area contributed by atoms with Crippen molar-refractivity contribution in [2.75, 3.05) is 0 Å². The third-order valence-corrected chi connectivity index (χ3v) is 5.07. The van der Waals surface area contributed by atoms with Crippen molar-refractivity contribution in [3.8, 4) is 5.75 Å². The zero-order valence-corrected chi connectivity index (χ0v) is 14.7. The van der Waals surface area contributed by atoms with Crippen LogP contribution in [0.2, 0.25) is 0 Å². The van der Waals surface area contributed by atoms with Crippen molar-refractivity contribution in [3.63, 3.8) is 0 Å². The zero-order valence-electron chi connectivity index (χ0n) is 13.8. The highest BCUT2D eigenvalue weighted by molar-refractivity contribution is 7.87. The molecule has 0 spiro atoms. The Morgan fingerprint density at radius 1 is 1.19 bits per heavy atom. The van der Waals surface area contributed by atoms with E-state index in [0.717, 1.165) is 18.2 Å². The number of nitrogens with zero attached hydrogens (tertiary/aromatic N) is 1. The minimum absolute atomic E-state index is 0.0383. The third-order valence-electron chi connectivity index (χ3n) is 3.77. The molecule has 0 N–H and O–H groups in total. The molecule has 3 aromatic rings. The van der Waals surface area contributed by atoms with Crippen LogP contribution in [0, 0.1) is 17.0 Å². The van der Waals surface area contributed by atoms with Gasteiger partial charge in [0.05, 0.1) is 4.92 Å². The van der Waals surface area contributed by atoms with Gasteiger partial charge >= 0.3 is 15.7 Å². The Hall–Kier alpha value is -3.27. The number of nitro groups is 1. The van der Waals surface area contributed by atoms with Gasteiger partial charge in [0.25, 0.3) is 5.69 Å². The van der Waals surface area contributed by atoms with Gasteiger partial charge in [-0.05, 0) is 36.2 Å². The molecular formula is C17H12FNO7S. The van der Waals surface area contributed by atoms with Gasteiger partial charge < -0.3 is 8.60 Å². The number of benzene rings is 2. The highest BCUT2D eigenvalue weighted by atomic mass is 32.2. The van der Waals surface area contributed by atoms with Crippen molar-refractivity contribution in [2.45, 2.75) is 18.5 Å². The lowest BCUT2D eigenvalue weighted by Crippen LogP contribution is -2.12. The second-order valence-electron chi connectivity index (χ2n) is 5.64. The molecular weight excluding hydrogens is 381 g/mol. The molecule has 0 saturated carbocycles. The van der Waals surface area contributed by atoms with Crippen molar-refractivity contribution in [3.05, 3.63) is 74.1 Å². The molecule has 0 saturated heterocycles. The van der Waals surface area contributed by atoms with Crippen LogP contribution >= 0.6 is 0 Å². The predicted octanol–water partition coefficient (Wildman–Crippen LogP) is 3.25. The first-order valence-electron chi connectivity index (χ1n) is 7.53. The predicted molar refractivity (Wildman–Crippen MR) is 92.9 cm³/mol. The Balaban J connectivity index is 2.06. The third kappa shape index (κ3) is 3.65. The summed E-state index contributed by atoms with van der Waals surface area (Å²) in [5, 5.41) is 11.7. The Kier molecular flexibility index (Phi) is 4.66. The molecule has 140 valence electrons. The molecule has 0 aliphatic rings. The lowest BCUT2D eigenvalue weighted by molar-refractivity contribution is -0.388. The highest BCUT2D eigenvalue weighted by Crippen LogP contribution is 2.30. The summed E-state index contributed by atoms with van der Waals surface area (Å²) < 4.78 is 47.7. The first kappa shape index (κ1) is 18.5. The molecule has 0 radical (unpaired) electrons. The number of aryl methyl sites for hydroxylation is 1. The van der Waals surface area contributed by atoms with Crippen LogP contribution in [0.25, 0.3) is 11.0 Å². The Labute approximate surface area is 152 Å². The molecule has 0 fully saturated rings. The molecule has 3 rings (SSSR count). The Morgan fingerprint density at radius 2 is 1.93 bits per heavy atom. The first-order chi connectivity index (χ1) is 12.7. The lowest BCUT2D eigenvalue weighted by Gasteiger charge is -2.09. The van der Waals surface area contributed by atoms with Gasteiger partial charge in [0.2, 0.25) is 0 Å². The van der Waals surface area contributed by atoms with Crippen molar-refractivity contribution in [2.24, 2.45) is 0 Å². The van der Waals surface area contributed by atoms with E-state index in [9.17, 15) is 27.7 Å². The number of hydrogen-bond acceptors (Lipinski definition) is 7. The summed E-state index contributed by atoms with van der Waals surface area (Å²) in [6, 6.07) is 8.17. The van der Waals surface area contributed by atoms with Crippen molar-refractivity contribution in [1.29, 1.82) is 0 Å². The highest BCUT2D eigenvalue weighted by Gasteiger charge is 2.28. The summed E-state index contributed by atoms with van der Waals surface area (Å²) in [5.41, 5.74) is -0.711. The summed E-state index contributed by atoms with van der Waals surface area (Å²) in [5.74, 6) is -0.194. The van der Waals surface area contributed by atoms with Crippen LogP contribution in [0.5, 0.6) is 5.75 Å². The fourth-order valence-corrected chi connectivity index (χ4v) is 3.60. The number of nitro benzene ring substituents is 1. The summed E-state index contributed by atoms with van der Waals surface area (Å²) in [4.78, 5) is 21.0. The molecule has 0 aliphatic carbocycles. The van der Waals surface area contributed by atoms with E-state index in [2.05, 4.69) is 0 Å². The van der Waals surface area contributed by atoms with E-state index in [-0.39, 0.29) is 16.9 Å². The maximum absolute atomic E-state index is 12.7. The van der Waals surface area contributed by atoms with Crippen LogP contribution in [0.15, 0.2) is 56.6 Å². The fraction of sp³-hybridized carbons (Fsp3) is 0.118. The van der Waals surface area contributed by atoms with Gasteiger partial charge in [0.1, 0.15) is 18.0 Å². The first-order valence-corrected chi connectivity index (χ1v) is 8.94. The van der Waals surface area contributed by atoms with Crippen LogP contribution in [-0.2, 0) is 16.8 Å². The fourth-order valence-electron chi connectivity index (χ4n) is 2.53. The van der Waals surface area contributed by atoms with Crippen LogP contribution < -0.4 is 9.81 Å². The van der Waals surface area contributed by atoms with E-state index in [1.54, 1.807) is 6.92 Å². The van der Waals surface area contributed by atoms with E-state index >= 15 is 0 Å². The van der Waals surface area contributed by atoms with Gasteiger partial charge in [-0.25, -0.2) is 9.18 Å². The maximum atomic E-state index is 12.7. The van der Waals surface area contributed by atoms with Crippen LogP contribution in [-0.4, -0.2) is 13.3 Å². The molecule has 1 aromatic heterocycles. The van der Waals surface area contributed by atoms with Gasteiger partial charge in [0.15, 0.2) is 4.90 Å². The van der Waals surface area contributed by atoms with Crippen LogP contribution in [0.1, 0.15) is 11.1 Å². The van der Waals surface area contributed by atoms with Gasteiger partial charge in [-0.3, -0.25) is 10.1 Å². The van der Waals surface area contributed by atoms with Crippen molar-refractivity contribution < 1.29 is 26.3 Å². The largest absolute Gasteiger partial charge is 0.423 e. The summed E-state index contributed by atoms with van der Waals surface area (Å²) in [6.45, 7) is 0.706. The Morgan fingerprint density at radius 3 is 2.59 bits per heavy atom. The number of fused-ring (bicyclic) bond motifs is 1. The minimum Gasteiger partial charge on any atom is -0.423 e. The molecule has 27 heavy (non-hydrogen) atoms. The van der Waals surface area contributed by atoms with Gasteiger partial charge in [-0.1, -0.05) is 6.07 Å². The second-order valence-corrected chi connectivity index (χ2v) is 7.15. The minimum atomic E-state index is -4.59. The number of hydrogen-bond donors (Lipinski definition) is 0. The van der Waals surface area contributed by atoms with E-state index in [1.165, 1.54) is 24.3 Å². The van der Waals surface area contributed by atoms with Crippen molar-refractivity contribution in [1.82, 2.24) is 0 Å². The SMILES string of the molecule is Cc1cc(=O)oc2cc(OS(=O)(=O)c3ccc(CF)cc3[N+](=O)[O-])ccc12. The van der Waals surface area contributed by atoms with Crippen molar-refractivity contribution >= 4 is 26.8 Å². The quantitative estimate of drug-likeness (QED) is 0.283. The number of alkyl halides is 1. The maximum Gasteiger partial charge on any atom is 0.346 e. The topological polar surface area (TPSA) is 117 Å². The zero-order chi connectivity index (χ0) is 19.8. The summed E-state index contributed by atoms with van der Waals surface area (Å²) in [7, 11) is -4.59. The molecule has 10 heteroatoms. The van der Waals surface area contributed by atoms with Gasteiger partial charge in [-0.15, -0.1) is 0 Å². The molecule has 2 aromatic carbocycles. The molecule has 8 nitrogen and oxygen atoms in total. The Bertz CT molecular complexity index is 1220. The molecule has 1 heterocycles. The van der Waals surface area contributed by atoms with E-state index in [0.29, 0.717) is 10.9 Å². The normalized spacial score (nSPS) is 11.5. The van der Waals surface area contributed by atoms with Gasteiger partial charge in [0, 0.05) is 23.6 Å². The molecule has 0 amide bonds. The average Bonchev–Trinajstić information content (AvgIpc) is 2.60. The molecule has 0 atom stereocenters. The molecule has 0 bridgehead atoms. The van der Waals surface area contributed by atoms with E-state index in [4.69, 9.17) is 8.60 Å². The molecule has 0 unspecified atom stereocenters. The lowest BCUT2D eigenvalue weighted by atomic mass is 10.1. The number of halogens is 1. The van der Waals surface area contributed by atoms with E-state index < -0.39 is 37.9 Å². The van der Waals surface area contributed by atoms with Crippen LogP contribution in [0.3, 0.4) is 0 Å². The van der Waals surface area contributed by atoms with E-state index in [1.807, 2.05) is 0 Å². The summed E-state index contributed by atoms with van der Waals surface area (Å²) >= 11 is 0.